The molecule has 3 aliphatic heterocycles. The average Bonchev–Trinajstić information content (AvgIpc) is 3.29. The van der Waals surface area contributed by atoms with E-state index in [1.54, 1.807) is 7.11 Å². The van der Waals surface area contributed by atoms with E-state index in [1.807, 2.05) is 0 Å². The van der Waals surface area contributed by atoms with E-state index >= 15 is 0 Å². The van der Waals surface area contributed by atoms with Gasteiger partial charge in [-0.1, -0.05) is 25.1 Å². The molecular formula is C21H26N2O2. The number of esters is 1. The second-order valence-electron chi connectivity index (χ2n) is 9.04. The number of para-hydroxylation sites is 1. The number of anilines is 1. The number of hydrogen-bond acceptors (Lipinski definition) is 4. The zero-order chi connectivity index (χ0) is 17.0. The Labute approximate surface area is 148 Å². The lowest BCUT2D eigenvalue weighted by Gasteiger charge is -2.52. The molecule has 4 heteroatoms. The Morgan fingerprint density at radius 1 is 1.28 bits per heavy atom. The van der Waals surface area contributed by atoms with Crippen LogP contribution in [-0.2, 0) is 14.9 Å². The molecule has 2 bridgehead atoms. The summed E-state index contributed by atoms with van der Waals surface area (Å²) in [6.07, 6.45) is 4.69. The number of methoxy groups -OCH3 is 1. The summed E-state index contributed by atoms with van der Waals surface area (Å²) in [7, 11) is 1.56. The zero-order valence-electron chi connectivity index (χ0n) is 15.0. The number of nitrogens with zero attached hydrogens (tertiary/aromatic N) is 1. The topological polar surface area (TPSA) is 41.6 Å². The van der Waals surface area contributed by atoms with Crippen molar-refractivity contribution >= 4 is 11.7 Å². The molecule has 2 saturated heterocycles. The van der Waals surface area contributed by atoms with Gasteiger partial charge in [0.2, 0.25) is 0 Å². The minimum absolute atomic E-state index is 0.00844. The molecule has 3 spiro atoms. The molecule has 6 rings (SSSR count). The minimum atomic E-state index is -0.173. The van der Waals surface area contributed by atoms with E-state index in [2.05, 4.69) is 41.4 Å². The SMILES string of the molecule is COC(=O)[C@@H]1C[C@@]23CCCN4CC[C@]5(c6ccccc6N[C@@]15[C@@H]2C)[C@H]43. The standard InChI is InChI=1S/C21H26N2O2/c1-13-19-8-5-10-23-11-9-20(18(19)23)14-6-3-4-7-16(14)22-21(13,20)15(12-19)17(24)25-2/h3-4,6-7,13,15,18,22H,5,8-12H2,1-2H3/t13-,15+,18-,19+,20+,21+/m1/s1. The molecule has 1 N–H and O–H groups in total. The maximum atomic E-state index is 12.9. The fourth-order valence-electron chi connectivity index (χ4n) is 8.44. The quantitative estimate of drug-likeness (QED) is 0.800. The van der Waals surface area contributed by atoms with Gasteiger partial charge in [0, 0.05) is 17.1 Å². The second kappa shape index (κ2) is 4.22. The molecule has 1 aromatic carbocycles. The number of hydrogen-bond donors (Lipinski definition) is 1. The van der Waals surface area contributed by atoms with Crippen LogP contribution in [0.2, 0.25) is 0 Å². The molecule has 6 atom stereocenters. The van der Waals surface area contributed by atoms with Crippen LogP contribution in [0.3, 0.4) is 0 Å². The first kappa shape index (κ1) is 14.6. The van der Waals surface area contributed by atoms with Crippen LogP contribution in [-0.4, -0.2) is 42.6 Å². The molecular weight excluding hydrogens is 312 g/mol. The first-order valence-electron chi connectivity index (χ1n) is 9.81. The van der Waals surface area contributed by atoms with Gasteiger partial charge in [-0.3, -0.25) is 9.69 Å². The van der Waals surface area contributed by atoms with Crippen LogP contribution in [0.5, 0.6) is 0 Å². The largest absolute Gasteiger partial charge is 0.469 e. The van der Waals surface area contributed by atoms with E-state index in [4.69, 9.17) is 4.74 Å². The van der Waals surface area contributed by atoms with Crippen LogP contribution in [0, 0.1) is 17.3 Å². The van der Waals surface area contributed by atoms with Gasteiger partial charge in [0.05, 0.1) is 18.6 Å². The van der Waals surface area contributed by atoms with Gasteiger partial charge in [-0.15, -0.1) is 0 Å². The number of fused-ring (bicyclic) bond motifs is 1. The first-order chi connectivity index (χ1) is 12.1. The van der Waals surface area contributed by atoms with Gasteiger partial charge >= 0.3 is 5.97 Å². The number of carbonyl (C=O) groups excluding carboxylic acids is 1. The Kier molecular flexibility index (Phi) is 2.47. The number of rotatable bonds is 1. The normalized spacial score (nSPS) is 48.6. The summed E-state index contributed by atoms with van der Waals surface area (Å²) in [6.45, 7) is 4.82. The summed E-state index contributed by atoms with van der Waals surface area (Å²) in [5, 5.41) is 3.96. The summed E-state index contributed by atoms with van der Waals surface area (Å²) >= 11 is 0. The number of benzene rings is 1. The summed E-state index contributed by atoms with van der Waals surface area (Å²) in [4.78, 5) is 15.7. The Balaban J connectivity index is 1.67. The van der Waals surface area contributed by atoms with Crippen molar-refractivity contribution in [1.29, 1.82) is 0 Å². The Bertz CT molecular complexity index is 794. The molecule has 4 fully saturated rings. The van der Waals surface area contributed by atoms with Crippen molar-refractivity contribution in [1.82, 2.24) is 4.90 Å². The third-order valence-corrected chi connectivity index (χ3v) is 8.91. The predicted octanol–water partition coefficient (Wildman–Crippen LogP) is 2.79. The van der Waals surface area contributed by atoms with E-state index in [0.717, 1.165) is 6.42 Å². The van der Waals surface area contributed by atoms with Crippen LogP contribution in [0.25, 0.3) is 0 Å². The van der Waals surface area contributed by atoms with Crippen molar-refractivity contribution in [2.45, 2.75) is 49.6 Å². The average molecular weight is 338 g/mol. The minimum Gasteiger partial charge on any atom is -0.469 e. The van der Waals surface area contributed by atoms with E-state index in [0.29, 0.717) is 12.0 Å². The highest BCUT2D eigenvalue weighted by Crippen LogP contribution is 2.79. The summed E-state index contributed by atoms with van der Waals surface area (Å²) in [5.41, 5.74) is 2.88. The van der Waals surface area contributed by atoms with Crippen molar-refractivity contribution in [2.24, 2.45) is 17.3 Å². The smallest absolute Gasteiger partial charge is 0.311 e. The van der Waals surface area contributed by atoms with Gasteiger partial charge < -0.3 is 10.1 Å². The van der Waals surface area contributed by atoms with Crippen molar-refractivity contribution in [3.8, 4) is 0 Å². The molecule has 2 aliphatic carbocycles. The third kappa shape index (κ3) is 1.23. The highest BCUT2D eigenvalue weighted by atomic mass is 16.5. The maximum absolute atomic E-state index is 12.9. The van der Waals surface area contributed by atoms with Gasteiger partial charge in [-0.25, -0.2) is 0 Å². The van der Waals surface area contributed by atoms with E-state index in [1.165, 1.54) is 43.6 Å². The van der Waals surface area contributed by atoms with E-state index < -0.39 is 0 Å². The van der Waals surface area contributed by atoms with Crippen LogP contribution >= 0.6 is 0 Å². The second-order valence-corrected chi connectivity index (χ2v) is 9.04. The number of piperidine rings is 1. The molecule has 5 aliphatic rings. The Hall–Kier alpha value is -1.55. The monoisotopic (exact) mass is 338 g/mol. The van der Waals surface area contributed by atoms with Crippen LogP contribution in [0.15, 0.2) is 24.3 Å². The van der Waals surface area contributed by atoms with Gasteiger partial charge in [0.1, 0.15) is 0 Å². The molecule has 1 aromatic rings. The number of nitrogens with one attached hydrogen (secondary N) is 1. The molecule has 0 aromatic heterocycles. The molecule has 25 heavy (non-hydrogen) atoms. The highest BCUT2D eigenvalue weighted by Gasteiger charge is 2.86. The van der Waals surface area contributed by atoms with Gasteiger partial charge in [-0.05, 0) is 61.7 Å². The lowest BCUT2D eigenvalue weighted by molar-refractivity contribution is -0.150. The van der Waals surface area contributed by atoms with Crippen molar-refractivity contribution < 1.29 is 9.53 Å². The summed E-state index contributed by atoms with van der Waals surface area (Å²) in [5.74, 6) is 0.449. The molecule has 0 unspecified atom stereocenters. The Morgan fingerprint density at radius 2 is 2.12 bits per heavy atom. The van der Waals surface area contributed by atoms with E-state index in [9.17, 15) is 4.79 Å². The van der Waals surface area contributed by atoms with Crippen molar-refractivity contribution in [3.63, 3.8) is 0 Å². The number of carbonyl (C=O) groups is 1. The molecule has 0 amide bonds. The number of ether oxygens (including phenoxy) is 1. The molecule has 3 heterocycles. The van der Waals surface area contributed by atoms with Gasteiger partial charge in [0.15, 0.2) is 0 Å². The summed E-state index contributed by atoms with van der Waals surface area (Å²) < 4.78 is 5.32. The lowest BCUT2D eigenvalue weighted by atomic mass is 9.56. The fraction of sp³-hybridized carbons (Fsp3) is 0.667. The van der Waals surface area contributed by atoms with Crippen LogP contribution in [0.4, 0.5) is 5.69 Å². The van der Waals surface area contributed by atoms with Gasteiger partial charge in [0.25, 0.3) is 0 Å². The molecule has 2 saturated carbocycles. The predicted molar refractivity (Wildman–Crippen MR) is 95.4 cm³/mol. The van der Waals surface area contributed by atoms with Crippen LogP contribution < -0.4 is 5.32 Å². The zero-order valence-corrected chi connectivity index (χ0v) is 15.0. The van der Waals surface area contributed by atoms with E-state index in [-0.39, 0.29) is 28.3 Å². The molecule has 0 radical (unpaired) electrons. The maximum Gasteiger partial charge on any atom is 0.311 e. The fourth-order valence-corrected chi connectivity index (χ4v) is 8.44. The molecule has 4 nitrogen and oxygen atoms in total. The lowest BCUT2D eigenvalue weighted by Crippen LogP contribution is -2.63. The Morgan fingerprint density at radius 3 is 2.96 bits per heavy atom. The van der Waals surface area contributed by atoms with Gasteiger partial charge in [-0.2, -0.15) is 0 Å². The van der Waals surface area contributed by atoms with Crippen molar-refractivity contribution in [2.75, 3.05) is 25.5 Å². The van der Waals surface area contributed by atoms with Crippen LogP contribution in [0.1, 0.15) is 38.2 Å². The first-order valence-corrected chi connectivity index (χ1v) is 9.81. The highest BCUT2D eigenvalue weighted by molar-refractivity contribution is 5.82. The molecule has 132 valence electrons. The third-order valence-electron chi connectivity index (χ3n) is 8.91. The summed E-state index contributed by atoms with van der Waals surface area (Å²) in [6, 6.07) is 9.42. The van der Waals surface area contributed by atoms with Crippen molar-refractivity contribution in [3.05, 3.63) is 29.8 Å².